The highest BCUT2D eigenvalue weighted by molar-refractivity contribution is 6.34. The van der Waals surface area contributed by atoms with Crippen LogP contribution < -0.4 is 14.9 Å². The van der Waals surface area contributed by atoms with Gasteiger partial charge in [-0.1, -0.05) is 65.2 Å². The molecule has 0 aliphatic carbocycles. The summed E-state index contributed by atoms with van der Waals surface area (Å²) in [6.07, 6.45) is 1.41. The highest BCUT2D eigenvalue weighted by atomic mass is 35.5. The molecule has 1 aromatic heterocycles. The van der Waals surface area contributed by atoms with E-state index in [0.29, 0.717) is 32.6 Å². The molecule has 0 aliphatic rings. The van der Waals surface area contributed by atoms with Gasteiger partial charge in [0.2, 0.25) is 0 Å². The fourth-order valence-electron chi connectivity index (χ4n) is 4.66. The first-order valence-corrected chi connectivity index (χ1v) is 13.4. The maximum absolute atomic E-state index is 13.4. The van der Waals surface area contributed by atoms with Crippen LogP contribution in [0.3, 0.4) is 0 Å². The summed E-state index contributed by atoms with van der Waals surface area (Å²) in [7, 11) is 1.45. The fraction of sp³-hybridized carbons (Fsp3) is 0.0938. The van der Waals surface area contributed by atoms with Crippen molar-refractivity contribution in [2.45, 2.75) is 13.8 Å². The quantitative estimate of drug-likeness (QED) is 0.0883. The second-order valence-electron chi connectivity index (χ2n) is 9.33. The Labute approximate surface area is 246 Å². The zero-order chi connectivity index (χ0) is 29.1. The molecular weight excluding hydrogens is 561 g/mol. The highest BCUT2D eigenvalue weighted by Gasteiger charge is 2.22. The van der Waals surface area contributed by atoms with Crippen molar-refractivity contribution in [3.8, 4) is 22.6 Å². The highest BCUT2D eigenvalue weighted by Crippen LogP contribution is 2.38. The molecule has 1 heterocycles. The van der Waals surface area contributed by atoms with Gasteiger partial charge in [-0.2, -0.15) is 5.10 Å². The van der Waals surface area contributed by atoms with Crippen molar-refractivity contribution < 1.29 is 19.1 Å². The van der Waals surface area contributed by atoms with E-state index in [9.17, 15) is 9.59 Å². The molecular formula is C32H25Cl2N3O4. The minimum atomic E-state index is -0.651. The van der Waals surface area contributed by atoms with Crippen molar-refractivity contribution in [2.24, 2.45) is 5.10 Å². The number of methoxy groups -OCH3 is 1. The topological polar surface area (TPSA) is 92.8 Å². The van der Waals surface area contributed by atoms with Gasteiger partial charge in [0, 0.05) is 37.6 Å². The van der Waals surface area contributed by atoms with Crippen LogP contribution in [0.15, 0.2) is 84.0 Å². The number of nitrogens with one attached hydrogen (secondary N) is 2. The first kappa shape index (κ1) is 28.0. The van der Waals surface area contributed by atoms with E-state index in [1.165, 1.54) is 19.4 Å². The number of para-hydroxylation sites is 1. The van der Waals surface area contributed by atoms with E-state index in [4.69, 9.17) is 32.7 Å². The predicted octanol–water partition coefficient (Wildman–Crippen LogP) is 7.75. The molecule has 206 valence electrons. The van der Waals surface area contributed by atoms with Crippen LogP contribution in [0.1, 0.15) is 37.5 Å². The number of hydrogen-bond donors (Lipinski definition) is 2. The van der Waals surface area contributed by atoms with E-state index < -0.39 is 11.9 Å². The molecule has 9 heteroatoms. The smallest absolute Gasteiger partial charge is 0.347 e. The number of carbonyl (C=O) groups excluding carboxylic acids is 2. The van der Waals surface area contributed by atoms with Gasteiger partial charge in [0.15, 0.2) is 0 Å². The Morgan fingerprint density at radius 2 is 1.68 bits per heavy atom. The van der Waals surface area contributed by atoms with Gasteiger partial charge in [0.1, 0.15) is 22.8 Å². The SMILES string of the molecule is COc1ccc(Cl)cc1C(=O)Oc1ccccc1C=NNC(=O)c1[nH]c2c(C)cc(C)cc2c1-c1ccccc1Cl. The van der Waals surface area contributed by atoms with E-state index in [1.54, 1.807) is 42.5 Å². The summed E-state index contributed by atoms with van der Waals surface area (Å²) in [4.78, 5) is 29.6. The van der Waals surface area contributed by atoms with E-state index in [-0.39, 0.29) is 11.3 Å². The summed E-state index contributed by atoms with van der Waals surface area (Å²) in [6, 6.07) is 22.9. The van der Waals surface area contributed by atoms with Gasteiger partial charge in [0.25, 0.3) is 5.91 Å². The number of fused-ring (bicyclic) bond motifs is 1. The lowest BCUT2D eigenvalue weighted by molar-refractivity contribution is 0.0730. The normalized spacial score (nSPS) is 11.1. The molecule has 7 nitrogen and oxygen atoms in total. The Morgan fingerprint density at radius 1 is 0.927 bits per heavy atom. The van der Waals surface area contributed by atoms with Crippen LogP contribution in [0.25, 0.3) is 22.0 Å². The van der Waals surface area contributed by atoms with Gasteiger partial charge in [0.05, 0.1) is 13.3 Å². The number of esters is 1. The number of halogens is 2. The molecule has 1 amide bonds. The van der Waals surface area contributed by atoms with Crippen LogP contribution >= 0.6 is 23.2 Å². The molecule has 0 fully saturated rings. The van der Waals surface area contributed by atoms with Crippen LogP contribution in [0.2, 0.25) is 10.0 Å². The van der Waals surface area contributed by atoms with E-state index in [2.05, 4.69) is 15.5 Å². The molecule has 0 atom stereocenters. The first-order chi connectivity index (χ1) is 19.8. The van der Waals surface area contributed by atoms with E-state index in [0.717, 1.165) is 27.6 Å². The summed E-state index contributed by atoms with van der Waals surface area (Å²) in [5.41, 5.74) is 7.89. The standard InChI is InChI=1S/C32H25Cl2N3O4/c1-18-14-19(2)29-24(15-18)28(22-9-5-6-10-25(22)34)30(36-29)31(38)37-35-17-20-8-4-7-11-26(20)41-32(39)23-16-21(33)12-13-27(23)40-3/h4-17,36H,1-3H3,(H,37,38). The number of amides is 1. The molecule has 4 aromatic carbocycles. The zero-order valence-electron chi connectivity index (χ0n) is 22.4. The number of H-pyrrole nitrogens is 1. The third-order valence-corrected chi connectivity index (χ3v) is 7.06. The lowest BCUT2D eigenvalue weighted by Gasteiger charge is -2.10. The van der Waals surface area contributed by atoms with Crippen molar-refractivity contribution in [3.63, 3.8) is 0 Å². The molecule has 0 aliphatic heterocycles. The molecule has 41 heavy (non-hydrogen) atoms. The van der Waals surface area contributed by atoms with Gasteiger partial charge in [-0.25, -0.2) is 10.2 Å². The molecule has 0 radical (unpaired) electrons. The van der Waals surface area contributed by atoms with Gasteiger partial charge >= 0.3 is 5.97 Å². The maximum atomic E-state index is 13.4. The molecule has 0 spiro atoms. The lowest BCUT2D eigenvalue weighted by atomic mass is 9.99. The van der Waals surface area contributed by atoms with Crippen molar-refractivity contribution >= 4 is 52.2 Å². The lowest BCUT2D eigenvalue weighted by Crippen LogP contribution is -2.19. The summed E-state index contributed by atoms with van der Waals surface area (Å²) < 4.78 is 10.9. The third-order valence-electron chi connectivity index (χ3n) is 6.49. The van der Waals surface area contributed by atoms with Crippen LogP contribution in [0.5, 0.6) is 11.5 Å². The number of nitrogens with zero attached hydrogens (tertiary/aromatic N) is 1. The fourth-order valence-corrected chi connectivity index (χ4v) is 5.06. The van der Waals surface area contributed by atoms with Crippen LogP contribution in [0, 0.1) is 13.8 Å². The van der Waals surface area contributed by atoms with E-state index >= 15 is 0 Å². The van der Waals surface area contributed by atoms with E-state index in [1.807, 2.05) is 44.2 Å². The molecule has 2 N–H and O–H groups in total. The number of hydrogen-bond acceptors (Lipinski definition) is 5. The summed E-state index contributed by atoms with van der Waals surface area (Å²) in [5.74, 6) is -0.535. The Bertz CT molecular complexity index is 1830. The molecule has 0 unspecified atom stereocenters. The average Bonchev–Trinajstić information content (AvgIpc) is 3.33. The van der Waals surface area contributed by atoms with Crippen LogP contribution in [-0.4, -0.2) is 30.2 Å². The Balaban J connectivity index is 1.43. The zero-order valence-corrected chi connectivity index (χ0v) is 23.9. The first-order valence-electron chi connectivity index (χ1n) is 12.6. The van der Waals surface area contributed by atoms with Crippen LogP contribution in [0.4, 0.5) is 0 Å². The summed E-state index contributed by atoms with van der Waals surface area (Å²) >= 11 is 12.6. The van der Waals surface area contributed by atoms with Crippen LogP contribution in [-0.2, 0) is 0 Å². The molecule has 0 saturated heterocycles. The number of carbonyl (C=O) groups is 2. The number of benzene rings is 4. The molecule has 5 aromatic rings. The van der Waals surface area contributed by atoms with Crippen molar-refractivity contribution in [1.82, 2.24) is 10.4 Å². The Morgan fingerprint density at radius 3 is 2.46 bits per heavy atom. The van der Waals surface area contributed by atoms with Crippen molar-refractivity contribution in [2.75, 3.05) is 7.11 Å². The van der Waals surface area contributed by atoms with Crippen molar-refractivity contribution in [1.29, 1.82) is 0 Å². The summed E-state index contributed by atoms with van der Waals surface area (Å²) in [5, 5.41) is 5.94. The average molecular weight is 586 g/mol. The molecule has 5 rings (SSSR count). The molecule has 0 bridgehead atoms. The minimum absolute atomic E-state index is 0.177. The Kier molecular flexibility index (Phi) is 8.10. The van der Waals surface area contributed by atoms with Gasteiger partial charge in [-0.3, -0.25) is 4.79 Å². The van der Waals surface area contributed by atoms with Gasteiger partial charge in [-0.15, -0.1) is 0 Å². The third kappa shape index (κ3) is 5.82. The van der Waals surface area contributed by atoms with Gasteiger partial charge in [-0.05, 0) is 61.9 Å². The summed E-state index contributed by atoms with van der Waals surface area (Å²) in [6.45, 7) is 3.99. The minimum Gasteiger partial charge on any atom is -0.496 e. The largest absolute Gasteiger partial charge is 0.496 e. The number of aryl methyl sites for hydroxylation is 2. The number of rotatable bonds is 7. The molecule has 0 saturated carbocycles. The van der Waals surface area contributed by atoms with Crippen molar-refractivity contribution in [3.05, 3.63) is 117 Å². The number of hydrazone groups is 1. The Hall–Kier alpha value is -4.59. The maximum Gasteiger partial charge on any atom is 0.347 e. The predicted molar refractivity (Wildman–Crippen MR) is 163 cm³/mol. The second kappa shape index (κ2) is 11.9. The monoisotopic (exact) mass is 585 g/mol. The second-order valence-corrected chi connectivity index (χ2v) is 10.2. The number of aromatic amines is 1. The number of aromatic nitrogens is 1. The van der Waals surface area contributed by atoms with Gasteiger partial charge < -0.3 is 14.5 Å². The number of ether oxygens (including phenoxy) is 2.